The van der Waals surface area contributed by atoms with Gasteiger partial charge in [0.05, 0.1) is 10.9 Å². The lowest BCUT2D eigenvalue weighted by molar-refractivity contribution is -0.137. The first-order valence-electron chi connectivity index (χ1n) is 13.6. The Morgan fingerprint density at radius 3 is 2.43 bits per heavy atom. The predicted molar refractivity (Wildman–Crippen MR) is 155 cm³/mol. The molecular formula is C30H30ClFN4O6. The molecule has 0 spiro atoms. The molecule has 1 atom stereocenters. The standard InChI is InChI=1S/C30H30ClFN4O6/c31-21-17-18(10-11-22(21)32)34-29(40)20(27-19-7-4-5-9-23(19)35-28(27)30(41)42)8-3-1-2-6-15-33-24(37)14-16-36-25(38)12-13-26(36)39/h4-5,7,9-13,17,20,35H,1-3,6,8,14-16H2,(H,33,37)(H,34,40)(H,41,42). The number of hydrogen-bond donors (Lipinski definition) is 4. The molecule has 2 aromatic carbocycles. The minimum absolute atomic E-state index is 0.0196. The Bertz CT molecular complexity index is 1530. The molecule has 12 heteroatoms. The van der Waals surface area contributed by atoms with Crippen LogP contribution in [0.2, 0.25) is 5.02 Å². The number of rotatable bonds is 14. The first kappa shape index (κ1) is 30.4. The van der Waals surface area contributed by atoms with Gasteiger partial charge in [-0.2, -0.15) is 0 Å². The molecule has 0 aliphatic carbocycles. The van der Waals surface area contributed by atoms with Gasteiger partial charge in [0.2, 0.25) is 11.8 Å². The lowest BCUT2D eigenvalue weighted by Gasteiger charge is -2.18. The highest BCUT2D eigenvalue weighted by molar-refractivity contribution is 6.31. The summed E-state index contributed by atoms with van der Waals surface area (Å²) in [5, 5.41) is 15.9. The summed E-state index contributed by atoms with van der Waals surface area (Å²) >= 11 is 5.88. The minimum Gasteiger partial charge on any atom is -0.477 e. The van der Waals surface area contributed by atoms with E-state index in [1.807, 2.05) is 0 Å². The number of halogens is 2. The first-order chi connectivity index (χ1) is 20.2. The van der Waals surface area contributed by atoms with Crippen molar-refractivity contribution in [3.05, 3.63) is 76.7 Å². The van der Waals surface area contributed by atoms with Gasteiger partial charge < -0.3 is 20.7 Å². The summed E-state index contributed by atoms with van der Waals surface area (Å²) in [6.07, 6.45) is 5.45. The highest BCUT2D eigenvalue weighted by atomic mass is 35.5. The van der Waals surface area contributed by atoms with Crippen LogP contribution in [0, 0.1) is 5.82 Å². The highest BCUT2D eigenvalue weighted by Crippen LogP contribution is 2.34. The Kier molecular flexibility index (Phi) is 10.1. The van der Waals surface area contributed by atoms with Gasteiger partial charge in [-0.3, -0.25) is 24.1 Å². The van der Waals surface area contributed by atoms with Crippen molar-refractivity contribution in [1.29, 1.82) is 0 Å². The molecule has 1 unspecified atom stereocenters. The Morgan fingerprint density at radius 2 is 1.71 bits per heavy atom. The molecule has 4 amide bonds. The SMILES string of the molecule is O=C(CCN1C(=O)C=CC1=O)NCCCCCCC(C(=O)Nc1ccc(F)c(Cl)c1)c1c(C(=O)O)[nH]c2ccccc12. The molecule has 3 aromatic rings. The number of benzene rings is 2. The van der Waals surface area contributed by atoms with Gasteiger partial charge in [0.25, 0.3) is 11.8 Å². The molecule has 1 aromatic heterocycles. The fraction of sp³-hybridized carbons (Fsp3) is 0.300. The quantitative estimate of drug-likeness (QED) is 0.156. The van der Waals surface area contributed by atoms with E-state index in [0.717, 1.165) is 23.8 Å². The molecule has 2 heterocycles. The number of nitrogens with one attached hydrogen (secondary N) is 3. The van der Waals surface area contributed by atoms with Crippen molar-refractivity contribution in [2.45, 2.75) is 44.4 Å². The zero-order valence-corrected chi connectivity index (χ0v) is 23.4. The van der Waals surface area contributed by atoms with E-state index in [0.29, 0.717) is 48.0 Å². The van der Waals surface area contributed by atoms with E-state index in [2.05, 4.69) is 15.6 Å². The van der Waals surface area contributed by atoms with Gasteiger partial charge in [0.1, 0.15) is 11.5 Å². The molecule has 0 saturated heterocycles. The van der Waals surface area contributed by atoms with Crippen molar-refractivity contribution in [3.63, 3.8) is 0 Å². The number of aromatic amines is 1. The summed E-state index contributed by atoms with van der Waals surface area (Å²) in [5.74, 6) is -4.19. The van der Waals surface area contributed by atoms with Crippen molar-refractivity contribution in [1.82, 2.24) is 15.2 Å². The molecular weight excluding hydrogens is 567 g/mol. The fourth-order valence-corrected chi connectivity index (χ4v) is 5.09. The highest BCUT2D eigenvalue weighted by Gasteiger charge is 2.29. The third kappa shape index (κ3) is 7.41. The number of aromatic carboxylic acids is 1. The van der Waals surface area contributed by atoms with Crippen LogP contribution in [0.4, 0.5) is 10.1 Å². The maximum absolute atomic E-state index is 13.6. The number of imide groups is 1. The molecule has 1 aliphatic rings. The van der Waals surface area contributed by atoms with Crippen LogP contribution in [-0.2, 0) is 19.2 Å². The molecule has 0 saturated carbocycles. The van der Waals surface area contributed by atoms with Crippen LogP contribution in [0.1, 0.15) is 60.5 Å². The summed E-state index contributed by atoms with van der Waals surface area (Å²) < 4.78 is 13.6. The number of carboxylic acid groups (broad SMARTS) is 1. The summed E-state index contributed by atoms with van der Waals surface area (Å²) in [6, 6.07) is 10.9. The van der Waals surface area contributed by atoms with Gasteiger partial charge in [-0.05, 0) is 37.1 Å². The third-order valence-corrected chi connectivity index (χ3v) is 7.31. The fourth-order valence-electron chi connectivity index (χ4n) is 4.91. The number of nitrogens with zero attached hydrogens (tertiary/aromatic N) is 1. The maximum atomic E-state index is 13.6. The second-order valence-corrected chi connectivity index (χ2v) is 10.3. The summed E-state index contributed by atoms with van der Waals surface area (Å²) in [7, 11) is 0. The van der Waals surface area contributed by atoms with Crippen molar-refractivity contribution in [2.24, 2.45) is 0 Å². The van der Waals surface area contributed by atoms with Crippen LogP contribution in [0.25, 0.3) is 10.9 Å². The van der Waals surface area contributed by atoms with E-state index in [1.54, 1.807) is 24.3 Å². The second-order valence-electron chi connectivity index (χ2n) is 9.90. The normalized spacial score (nSPS) is 13.5. The van der Waals surface area contributed by atoms with Crippen LogP contribution in [0.3, 0.4) is 0 Å². The van der Waals surface area contributed by atoms with Gasteiger partial charge in [-0.15, -0.1) is 0 Å². The zero-order valence-electron chi connectivity index (χ0n) is 22.6. The lowest BCUT2D eigenvalue weighted by atomic mass is 9.89. The van der Waals surface area contributed by atoms with Gasteiger partial charge in [0.15, 0.2) is 0 Å². The second kappa shape index (κ2) is 13.9. The van der Waals surface area contributed by atoms with E-state index in [9.17, 15) is 33.5 Å². The number of amides is 4. The van der Waals surface area contributed by atoms with Crippen molar-refractivity contribution >= 4 is 57.8 Å². The lowest BCUT2D eigenvalue weighted by Crippen LogP contribution is -2.34. The number of fused-ring (bicyclic) bond motifs is 1. The van der Waals surface area contributed by atoms with Gasteiger partial charge in [-0.25, -0.2) is 9.18 Å². The van der Waals surface area contributed by atoms with E-state index in [1.165, 1.54) is 24.3 Å². The van der Waals surface area contributed by atoms with Crippen molar-refractivity contribution < 1.29 is 33.5 Å². The van der Waals surface area contributed by atoms with Crippen LogP contribution in [0.15, 0.2) is 54.6 Å². The molecule has 4 rings (SSSR count). The number of aromatic nitrogens is 1. The van der Waals surface area contributed by atoms with Gasteiger partial charge in [0, 0.05) is 53.8 Å². The minimum atomic E-state index is -1.19. The maximum Gasteiger partial charge on any atom is 0.352 e. The Labute approximate surface area is 245 Å². The Morgan fingerprint density at radius 1 is 1.00 bits per heavy atom. The molecule has 220 valence electrons. The monoisotopic (exact) mass is 596 g/mol. The van der Waals surface area contributed by atoms with Crippen LogP contribution in [-0.4, -0.2) is 57.7 Å². The number of para-hydroxylation sites is 1. The average molecular weight is 597 g/mol. The van der Waals surface area contributed by atoms with E-state index in [-0.39, 0.29) is 29.6 Å². The largest absolute Gasteiger partial charge is 0.477 e. The van der Waals surface area contributed by atoms with Gasteiger partial charge in [-0.1, -0.05) is 49.1 Å². The third-order valence-electron chi connectivity index (χ3n) is 7.02. The van der Waals surface area contributed by atoms with E-state index in [4.69, 9.17) is 11.6 Å². The number of carbonyl (C=O) groups excluding carboxylic acids is 4. The molecule has 10 nitrogen and oxygen atoms in total. The summed E-state index contributed by atoms with van der Waals surface area (Å²) in [5.41, 5.74) is 1.20. The number of unbranched alkanes of at least 4 members (excludes halogenated alkanes) is 3. The molecule has 0 fully saturated rings. The van der Waals surface area contributed by atoms with Crippen LogP contribution >= 0.6 is 11.6 Å². The van der Waals surface area contributed by atoms with Crippen LogP contribution in [0.5, 0.6) is 0 Å². The Balaban J connectivity index is 1.34. The first-order valence-corrected chi connectivity index (χ1v) is 13.9. The number of carboxylic acids is 1. The summed E-state index contributed by atoms with van der Waals surface area (Å²) in [6.45, 7) is 0.441. The van der Waals surface area contributed by atoms with Crippen LogP contribution < -0.4 is 10.6 Å². The van der Waals surface area contributed by atoms with E-state index >= 15 is 0 Å². The summed E-state index contributed by atoms with van der Waals surface area (Å²) in [4.78, 5) is 64.8. The zero-order chi connectivity index (χ0) is 30.2. The molecule has 1 aliphatic heterocycles. The molecule has 4 N–H and O–H groups in total. The Hall–Kier alpha value is -4.51. The smallest absolute Gasteiger partial charge is 0.352 e. The average Bonchev–Trinajstić information content (AvgIpc) is 3.50. The van der Waals surface area contributed by atoms with Crippen molar-refractivity contribution in [3.8, 4) is 0 Å². The number of anilines is 1. The molecule has 42 heavy (non-hydrogen) atoms. The van der Waals surface area contributed by atoms with E-state index < -0.39 is 35.4 Å². The topological polar surface area (TPSA) is 149 Å². The molecule has 0 radical (unpaired) electrons. The van der Waals surface area contributed by atoms with Gasteiger partial charge >= 0.3 is 5.97 Å². The number of hydrogen-bond acceptors (Lipinski definition) is 5. The predicted octanol–water partition coefficient (Wildman–Crippen LogP) is 4.76. The molecule has 0 bridgehead atoms. The number of carbonyl (C=O) groups is 5. The number of H-pyrrole nitrogens is 1. The van der Waals surface area contributed by atoms with Crippen molar-refractivity contribution in [2.75, 3.05) is 18.4 Å².